The Bertz CT molecular complexity index is 216. The van der Waals surface area contributed by atoms with E-state index in [1.807, 2.05) is 0 Å². The predicted octanol–water partition coefficient (Wildman–Crippen LogP) is 3.30. The Morgan fingerprint density at radius 1 is 0.714 bits per heavy atom. The Kier molecular flexibility index (Phi) is 13.0. The molecule has 0 aromatic heterocycles. The first kappa shape index (κ1) is 22.0. The van der Waals surface area contributed by atoms with E-state index in [4.69, 9.17) is 0 Å². The van der Waals surface area contributed by atoms with Crippen LogP contribution in [0.25, 0.3) is 0 Å². The molecular formula is C18H32ClPPd. The first-order chi connectivity index (χ1) is 9.36. The average molecular weight is 421 g/mol. The van der Waals surface area contributed by atoms with Crippen LogP contribution in [0, 0.1) is 6.92 Å². The second kappa shape index (κ2) is 12.4. The largest absolute Gasteiger partial charge is 2.00 e. The predicted molar refractivity (Wildman–Crippen MR) is 89.2 cm³/mol. The van der Waals surface area contributed by atoms with Gasteiger partial charge in [0.1, 0.15) is 0 Å². The molecule has 0 aromatic rings. The number of rotatable bonds is 3. The molecule has 3 heteroatoms. The molecule has 0 unspecified atom stereocenters. The number of allylic oxidation sites excluding steroid dienone is 1. The molecule has 3 fully saturated rings. The van der Waals surface area contributed by atoms with Crippen molar-refractivity contribution in [2.75, 3.05) is 0 Å². The maximum atomic E-state index is 3.25. The smallest absolute Gasteiger partial charge is 1.00 e. The van der Waals surface area contributed by atoms with Gasteiger partial charge in [-0.3, -0.25) is 0 Å². The Labute approximate surface area is 154 Å². The fraction of sp³-hybridized carbons (Fsp3) is 0.833. The Morgan fingerprint density at radius 3 is 1.10 bits per heavy atom. The maximum absolute atomic E-state index is 3.25. The van der Waals surface area contributed by atoms with E-state index in [1.165, 1.54) is 23.1 Å². The Morgan fingerprint density at radius 2 is 0.905 bits per heavy atom. The first-order valence-corrected chi connectivity index (χ1v) is 10.1. The Hall–Kier alpha value is 0.992. The van der Waals surface area contributed by atoms with Crippen molar-refractivity contribution in [3.05, 3.63) is 19.6 Å². The molecule has 0 amide bonds. The van der Waals surface area contributed by atoms with E-state index < -0.39 is 0 Å². The first-order valence-electron chi connectivity index (χ1n) is 8.54. The zero-order chi connectivity index (χ0) is 13.5. The van der Waals surface area contributed by atoms with Crippen LogP contribution in [0.3, 0.4) is 0 Å². The van der Waals surface area contributed by atoms with E-state index in [1.54, 1.807) is 77.0 Å². The van der Waals surface area contributed by atoms with Crippen LogP contribution in [0.5, 0.6) is 0 Å². The molecule has 3 saturated carbocycles. The van der Waals surface area contributed by atoms with Crippen molar-refractivity contribution in [1.29, 1.82) is 0 Å². The van der Waals surface area contributed by atoms with Crippen LogP contribution in [-0.2, 0) is 20.4 Å². The third-order valence-electron chi connectivity index (χ3n) is 5.24. The van der Waals surface area contributed by atoms with Crippen LogP contribution in [0.4, 0.5) is 0 Å². The summed E-state index contributed by atoms with van der Waals surface area (Å²) in [6.45, 7) is 6.50. The summed E-state index contributed by atoms with van der Waals surface area (Å²) >= 11 is 0. The summed E-state index contributed by atoms with van der Waals surface area (Å²) in [4.78, 5) is 0. The summed E-state index contributed by atoms with van der Waals surface area (Å²) in [6, 6.07) is 0. The molecule has 3 aliphatic rings. The van der Waals surface area contributed by atoms with Crippen molar-refractivity contribution in [3.8, 4) is 0 Å². The van der Waals surface area contributed by atoms with Gasteiger partial charge < -0.3 is 12.4 Å². The molecule has 0 radical (unpaired) electrons. The van der Waals surface area contributed by atoms with Gasteiger partial charge in [0.15, 0.2) is 0 Å². The van der Waals surface area contributed by atoms with Crippen molar-refractivity contribution >= 4 is 7.92 Å². The third-order valence-corrected chi connectivity index (χ3v) is 9.32. The summed E-state index contributed by atoms with van der Waals surface area (Å²) in [6.07, 6.45) is 20.5. The summed E-state index contributed by atoms with van der Waals surface area (Å²) in [5.41, 5.74) is 3.63. The van der Waals surface area contributed by atoms with E-state index in [0.717, 1.165) is 0 Å². The summed E-state index contributed by atoms with van der Waals surface area (Å²) in [7, 11) is 0.436. The van der Waals surface area contributed by atoms with Crippen molar-refractivity contribution in [1.82, 2.24) is 0 Å². The summed E-state index contributed by atoms with van der Waals surface area (Å²) in [5, 5.41) is 0. The van der Waals surface area contributed by atoms with Gasteiger partial charge in [0, 0.05) is 0 Å². The molecule has 0 nitrogen and oxygen atoms in total. The molecule has 0 N–H and O–H groups in total. The second-order valence-electron chi connectivity index (χ2n) is 6.55. The molecule has 0 aromatic carbocycles. The zero-order valence-electron chi connectivity index (χ0n) is 13.4. The van der Waals surface area contributed by atoms with Gasteiger partial charge in [0.25, 0.3) is 0 Å². The normalized spacial score (nSPS) is 23.3. The van der Waals surface area contributed by atoms with E-state index >= 15 is 0 Å². The SMILES string of the molecule is C1CCC(P(C2CCCC2)C2CCCC2)C1.C=C[CH2-].[Cl-].[Pd+2]. The minimum Gasteiger partial charge on any atom is -1.00 e. The zero-order valence-corrected chi connectivity index (χ0v) is 16.6. The van der Waals surface area contributed by atoms with Gasteiger partial charge in [-0.1, -0.05) is 46.4 Å². The van der Waals surface area contributed by atoms with Crippen LogP contribution in [0.15, 0.2) is 12.7 Å². The van der Waals surface area contributed by atoms with Crippen molar-refractivity contribution in [2.45, 2.75) is 94.0 Å². The topological polar surface area (TPSA) is 0 Å². The van der Waals surface area contributed by atoms with Gasteiger partial charge >= 0.3 is 20.4 Å². The number of halogens is 1. The molecule has 21 heavy (non-hydrogen) atoms. The van der Waals surface area contributed by atoms with Crippen molar-refractivity contribution in [2.24, 2.45) is 0 Å². The summed E-state index contributed by atoms with van der Waals surface area (Å²) < 4.78 is 0. The minimum absolute atomic E-state index is 0. The molecular weight excluding hydrogens is 389 g/mol. The van der Waals surface area contributed by atoms with Gasteiger partial charge in [0.2, 0.25) is 0 Å². The summed E-state index contributed by atoms with van der Waals surface area (Å²) in [5.74, 6) is 0. The van der Waals surface area contributed by atoms with E-state index in [9.17, 15) is 0 Å². The molecule has 0 heterocycles. The fourth-order valence-corrected chi connectivity index (χ4v) is 9.17. The standard InChI is InChI=1S/C15H27P.C3H5.ClH.Pd/c1-2-8-13(7-1)16(14-9-3-4-10-14)15-11-5-6-12-15;1-3-2;;/h13-15H,1-12H2;3H,1-2H2;1H;/q;-1;;+2/p-1. The van der Waals surface area contributed by atoms with E-state index in [0.29, 0.717) is 7.92 Å². The van der Waals surface area contributed by atoms with Gasteiger partial charge in [-0.05, 0) is 55.5 Å². The number of hydrogen-bond acceptors (Lipinski definition) is 0. The quantitative estimate of drug-likeness (QED) is 0.373. The second-order valence-corrected chi connectivity index (χ2v) is 9.64. The van der Waals surface area contributed by atoms with Crippen LogP contribution < -0.4 is 12.4 Å². The van der Waals surface area contributed by atoms with Crippen LogP contribution in [-0.4, -0.2) is 17.0 Å². The van der Waals surface area contributed by atoms with Gasteiger partial charge in [-0.15, -0.1) is 0 Å². The van der Waals surface area contributed by atoms with E-state index in [2.05, 4.69) is 13.5 Å². The molecule has 0 atom stereocenters. The fourth-order valence-electron chi connectivity index (χ4n) is 4.50. The molecule has 126 valence electrons. The molecule has 0 bridgehead atoms. The Balaban J connectivity index is 0.000000742. The average Bonchev–Trinajstić information content (AvgIpc) is 3.15. The molecule has 3 aliphatic carbocycles. The number of hydrogen-bond donors (Lipinski definition) is 0. The molecule has 0 aliphatic heterocycles. The minimum atomic E-state index is 0. The van der Waals surface area contributed by atoms with Crippen LogP contribution >= 0.6 is 7.92 Å². The third kappa shape index (κ3) is 6.55. The maximum Gasteiger partial charge on any atom is 2.00 e. The molecule has 0 spiro atoms. The van der Waals surface area contributed by atoms with Crippen LogP contribution in [0.1, 0.15) is 77.0 Å². The van der Waals surface area contributed by atoms with Crippen molar-refractivity contribution in [3.63, 3.8) is 0 Å². The van der Waals surface area contributed by atoms with Crippen LogP contribution in [0.2, 0.25) is 0 Å². The van der Waals surface area contributed by atoms with Gasteiger partial charge in [-0.2, -0.15) is 0 Å². The molecule has 3 rings (SSSR count). The molecule has 0 saturated heterocycles. The van der Waals surface area contributed by atoms with Gasteiger partial charge in [0.05, 0.1) is 0 Å². The van der Waals surface area contributed by atoms with Crippen molar-refractivity contribution < 1.29 is 32.8 Å². The van der Waals surface area contributed by atoms with E-state index in [-0.39, 0.29) is 32.8 Å². The van der Waals surface area contributed by atoms with Gasteiger partial charge in [-0.25, -0.2) is 19.6 Å². The monoisotopic (exact) mass is 420 g/mol.